The number of nitrogens with zero attached hydrogens (tertiary/aromatic N) is 1. The number of carbonyl (C=O) groups excluding carboxylic acids is 1. The van der Waals surface area contributed by atoms with Crippen LogP contribution >= 0.6 is 0 Å². The number of methoxy groups -OCH3 is 1. The lowest BCUT2D eigenvalue weighted by Crippen LogP contribution is -2.36. The largest absolute Gasteiger partial charge is 0.497 e. The van der Waals surface area contributed by atoms with Crippen LogP contribution in [0.4, 0.5) is 10.6 Å². The summed E-state index contributed by atoms with van der Waals surface area (Å²) >= 11 is 0. The SMILES string of the molecule is COc1ccc(CCNC(=O)NCc2cccnc2N)cc1. The number of hydrogen-bond donors (Lipinski definition) is 3. The Hall–Kier alpha value is -2.76. The van der Waals surface area contributed by atoms with Crippen molar-refractivity contribution in [3.63, 3.8) is 0 Å². The third-order valence-electron chi connectivity index (χ3n) is 3.22. The van der Waals surface area contributed by atoms with Crippen LogP contribution in [-0.4, -0.2) is 24.7 Å². The topological polar surface area (TPSA) is 89.3 Å². The number of rotatable bonds is 6. The Bertz CT molecular complexity index is 614. The third kappa shape index (κ3) is 4.66. The maximum atomic E-state index is 11.7. The van der Waals surface area contributed by atoms with E-state index in [1.54, 1.807) is 19.4 Å². The van der Waals surface area contributed by atoms with Gasteiger partial charge in [-0.25, -0.2) is 9.78 Å². The molecule has 1 aromatic heterocycles. The van der Waals surface area contributed by atoms with Crippen molar-refractivity contribution in [1.29, 1.82) is 0 Å². The fourth-order valence-corrected chi connectivity index (χ4v) is 1.95. The van der Waals surface area contributed by atoms with Crippen molar-refractivity contribution in [2.45, 2.75) is 13.0 Å². The zero-order chi connectivity index (χ0) is 15.8. The first-order valence-electron chi connectivity index (χ1n) is 7.03. The van der Waals surface area contributed by atoms with Crippen LogP contribution in [0, 0.1) is 0 Å². The van der Waals surface area contributed by atoms with Crippen LogP contribution in [0.5, 0.6) is 5.75 Å². The molecule has 0 bridgehead atoms. The van der Waals surface area contributed by atoms with Crippen LogP contribution in [0.15, 0.2) is 42.6 Å². The van der Waals surface area contributed by atoms with Gasteiger partial charge in [-0.05, 0) is 30.2 Å². The maximum absolute atomic E-state index is 11.7. The minimum absolute atomic E-state index is 0.225. The second-order valence-electron chi connectivity index (χ2n) is 4.76. The number of nitrogens with one attached hydrogen (secondary N) is 2. The number of hydrogen-bond acceptors (Lipinski definition) is 4. The summed E-state index contributed by atoms with van der Waals surface area (Å²) < 4.78 is 5.10. The van der Waals surface area contributed by atoms with Gasteiger partial charge in [-0.3, -0.25) is 0 Å². The number of aromatic nitrogens is 1. The van der Waals surface area contributed by atoms with Crippen LogP contribution in [-0.2, 0) is 13.0 Å². The van der Waals surface area contributed by atoms with E-state index in [-0.39, 0.29) is 6.03 Å². The van der Waals surface area contributed by atoms with Crippen LogP contribution in [0.25, 0.3) is 0 Å². The monoisotopic (exact) mass is 300 g/mol. The highest BCUT2D eigenvalue weighted by atomic mass is 16.5. The summed E-state index contributed by atoms with van der Waals surface area (Å²) in [4.78, 5) is 15.7. The second-order valence-corrected chi connectivity index (χ2v) is 4.76. The minimum Gasteiger partial charge on any atom is -0.497 e. The Morgan fingerprint density at radius 1 is 1.23 bits per heavy atom. The van der Waals surface area contributed by atoms with E-state index in [1.807, 2.05) is 30.3 Å². The number of amides is 2. The standard InChI is InChI=1S/C16H20N4O2/c1-22-14-6-4-12(5-7-14)8-10-19-16(21)20-11-13-3-2-9-18-15(13)17/h2-7,9H,8,10-11H2,1H3,(H2,17,18)(H2,19,20,21). The average Bonchev–Trinajstić information content (AvgIpc) is 2.55. The molecule has 4 N–H and O–H groups in total. The maximum Gasteiger partial charge on any atom is 0.315 e. The molecule has 2 rings (SSSR count). The van der Waals surface area contributed by atoms with E-state index in [1.165, 1.54) is 0 Å². The summed E-state index contributed by atoms with van der Waals surface area (Å²) in [6, 6.07) is 11.2. The van der Waals surface area contributed by atoms with Gasteiger partial charge in [0.25, 0.3) is 0 Å². The molecule has 0 radical (unpaired) electrons. The first-order valence-corrected chi connectivity index (χ1v) is 7.03. The Morgan fingerprint density at radius 2 is 2.00 bits per heavy atom. The number of anilines is 1. The molecule has 0 spiro atoms. The van der Waals surface area contributed by atoms with Crippen molar-refractivity contribution in [3.05, 3.63) is 53.7 Å². The third-order valence-corrected chi connectivity index (χ3v) is 3.22. The van der Waals surface area contributed by atoms with Crippen molar-refractivity contribution in [1.82, 2.24) is 15.6 Å². The molecule has 0 atom stereocenters. The lowest BCUT2D eigenvalue weighted by molar-refractivity contribution is 0.240. The second kappa shape index (κ2) is 7.87. The lowest BCUT2D eigenvalue weighted by atomic mass is 10.1. The molecule has 1 aromatic carbocycles. The number of carbonyl (C=O) groups is 1. The minimum atomic E-state index is -0.225. The predicted octanol–water partition coefficient (Wildman–Crippen LogP) is 1.71. The Morgan fingerprint density at radius 3 is 2.68 bits per heavy atom. The molecule has 116 valence electrons. The summed E-state index contributed by atoms with van der Waals surface area (Å²) in [5, 5.41) is 5.56. The summed E-state index contributed by atoms with van der Waals surface area (Å²) in [5.74, 6) is 1.25. The first-order chi connectivity index (χ1) is 10.7. The number of urea groups is 1. The summed E-state index contributed by atoms with van der Waals surface area (Å²) in [6.07, 6.45) is 2.38. The van der Waals surface area contributed by atoms with Crippen molar-refractivity contribution < 1.29 is 9.53 Å². The van der Waals surface area contributed by atoms with Crippen molar-refractivity contribution >= 4 is 11.8 Å². The van der Waals surface area contributed by atoms with E-state index in [4.69, 9.17) is 10.5 Å². The van der Waals surface area contributed by atoms with Crippen molar-refractivity contribution in [2.24, 2.45) is 0 Å². The summed E-state index contributed by atoms with van der Waals surface area (Å²) in [7, 11) is 1.63. The first kappa shape index (κ1) is 15.6. The molecule has 6 heteroatoms. The molecule has 2 aromatic rings. The van der Waals surface area contributed by atoms with E-state index in [0.29, 0.717) is 18.9 Å². The molecule has 0 unspecified atom stereocenters. The smallest absolute Gasteiger partial charge is 0.315 e. The summed E-state index contributed by atoms with van der Waals surface area (Å²) in [6.45, 7) is 0.911. The van der Waals surface area contributed by atoms with Gasteiger partial charge in [-0.2, -0.15) is 0 Å². The number of pyridine rings is 1. The zero-order valence-electron chi connectivity index (χ0n) is 12.5. The van der Waals surface area contributed by atoms with Crippen LogP contribution in [0.2, 0.25) is 0 Å². The van der Waals surface area contributed by atoms with Gasteiger partial charge in [0.1, 0.15) is 11.6 Å². The van der Waals surface area contributed by atoms with Crippen molar-refractivity contribution in [2.75, 3.05) is 19.4 Å². The molecule has 0 aliphatic rings. The highest BCUT2D eigenvalue weighted by Gasteiger charge is 2.03. The number of benzene rings is 1. The average molecular weight is 300 g/mol. The molecule has 1 heterocycles. The van der Waals surface area contributed by atoms with E-state index < -0.39 is 0 Å². The molecule has 0 saturated carbocycles. The lowest BCUT2D eigenvalue weighted by Gasteiger charge is -2.09. The highest BCUT2D eigenvalue weighted by Crippen LogP contribution is 2.11. The molecule has 0 aliphatic carbocycles. The van der Waals surface area contributed by atoms with Crippen LogP contribution < -0.4 is 21.1 Å². The van der Waals surface area contributed by atoms with E-state index in [9.17, 15) is 4.79 Å². The predicted molar refractivity (Wildman–Crippen MR) is 85.6 cm³/mol. The summed E-state index contributed by atoms with van der Waals surface area (Å²) in [5.41, 5.74) is 7.65. The molecular formula is C16H20N4O2. The van der Waals surface area contributed by atoms with Gasteiger partial charge < -0.3 is 21.1 Å². The Balaban J connectivity index is 1.70. The van der Waals surface area contributed by atoms with Gasteiger partial charge in [0, 0.05) is 24.8 Å². The Kier molecular flexibility index (Phi) is 5.59. The highest BCUT2D eigenvalue weighted by molar-refractivity contribution is 5.74. The van der Waals surface area contributed by atoms with Gasteiger partial charge in [-0.1, -0.05) is 18.2 Å². The molecule has 0 fully saturated rings. The molecular weight excluding hydrogens is 280 g/mol. The van der Waals surface area contributed by atoms with E-state index in [0.717, 1.165) is 23.3 Å². The van der Waals surface area contributed by atoms with E-state index in [2.05, 4.69) is 15.6 Å². The normalized spacial score (nSPS) is 10.0. The number of ether oxygens (including phenoxy) is 1. The van der Waals surface area contributed by atoms with E-state index >= 15 is 0 Å². The van der Waals surface area contributed by atoms with Crippen LogP contribution in [0.3, 0.4) is 0 Å². The fraction of sp³-hybridized carbons (Fsp3) is 0.250. The zero-order valence-corrected chi connectivity index (χ0v) is 12.5. The molecule has 2 amide bonds. The fourth-order valence-electron chi connectivity index (χ4n) is 1.95. The van der Waals surface area contributed by atoms with Gasteiger partial charge in [0.05, 0.1) is 7.11 Å². The van der Waals surface area contributed by atoms with Gasteiger partial charge >= 0.3 is 6.03 Å². The molecule has 6 nitrogen and oxygen atoms in total. The van der Waals surface area contributed by atoms with Gasteiger partial charge in [0.15, 0.2) is 0 Å². The molecule has 0 saturated heterocycles. The van der Waals surface area contributed by atoms with Crippen LogP contribution in [0.1, 0.15) is 11.1 Å². The number of nitrogens with two attached hydrogens (primary N) is 1. The van der Waals surface area contributed by atoms with Gasteiger partial charge in [0.2, 0.25) is 0 Å². The molecule has 0 aliphatic heterocycles. The molecule has 22 heavy (non-hydrogen) atoms. The van der Waals surface area contributed by atoms with Crippen molar-refractivity contribution in [3.8, 4) is 5.75 Å². The number of nitrogen functional groups attached to an aromatic ring is 1. The quantitative estimate of drug-likeness (QED) is 0.757. The van der Waals surface area contributed by atoms with Gasteiger partial charge in [-0.15, -0.1) is 0 Å². The Labute approximate surface area is 129 Å².